The molecule has 3 nitrogen and oxygen atoms in total. The van der Waals surface area contributed by atoms with E-state index in [1.807, 2.05) is 0 Å². The van der Waals surface area contributed by atoms with Crippen LogP contribution in [0.1, 0.15) is 0 Å². The summed E-state index contributed by atoms with van der Waals surface area (Å²) >= 11 is -2.21. The summed E-state index contributed by atoms with van der Waals surface area (Å²) < 4.78 is 24.4. The maximum absolute atomic E-state index is 9.97. The molecule has 0 saturated heterocycles. The van der Waals surface area contributed by atoms with Crippen LogP contribution in [0.5, 0.6) is 0 Å². The van der Waals surface area contributed by atoms with Crippen molar-refractivity contribution in [3.8, 4) is 0 Å². The molecule has 0 bridgehead atoms. The molecule has 1 aromatic heterocycles. The molecule has 9 heavy (non-hydrogen) atoms. The summed E-state index contributed by atoms with van der Waals surface area (Å²) in [5.41, 5.74) is 0. The molecule has 0 amide bonds. The van der Waals surface area contributed by atoms with Crippen LogP contribution in [-0.4, -0.2) is 8.76 Å². The second kappa shape index (κ2) is 3.91. The minimum Gasteiger partial charge on any atom is -0.766 e. The molecule has 0 aliphatic heterocycles. The van der Waals surface area contributed by atoms with Gasteiger partial charge in [-0.15, -0.1) is 0 Å². The average Bonchev–Trinajstić information content (AvgIpc) is 2.12. The Bertz CT molecular complexity index is 184. The molecular weight excluding hydrogens is 135 g/mol. The van der Waals surface area contributed by atoms with E-state index >= 15 is 0 Å². The minimum atomic E-state index is -2.21. The van der Waals surface area contributed by atoms with Crippen molar-refractivity contribution in [1.82, 2.24) is 0 Å². The zero-order valence-electron chi connectivity index (χ0n) is 4.87. The van der Waals surface area contributed by atoms with Gasteiger partial charge in [-0.1, -0.05) is 0 Å². The Kier molecular flexibility index (Phi) is 3.90. The van der Waals surface area contributed by atoms with Gasteiger partial charge in [-0.25, -0.2) is 0 Å². The fourth-order valence-corrected chi connectivity index (χ4v) is 0.682. The van der Waals surface area contributed by atoms with Gasteiger partial charge in [-0.3, -0.25) is 4.21 Å². The SMILES string of the molecule is O=S([O-])c1ccco1.[Li+]. The zero-order chi connectivity index (χ0) is 5.98. The predicted molar refractivity (Wildman–Crippen MR) is 25.9 cm³/mol. The van der Waals surface area contributed by atoms with Crippen molar-refractivity contribution in [2.24, 2.45) is 0 Å². The second-order valence-corrected chi connectivity index (χ2v) is 2.04. The van der Waals surface area contributed by atoms with Crippen LogP contribution in [0.4, 0.5) is 0 Å². The van der Waals surface area contributed by atoms with Gasteiger partial charge >= 0.3 is 18.9 Å². The molecule has 1 heterocycles. The average molecular weight is 138 g/mol. The second-order valence-electron chi connectivity index (χ2n) is 1.17. The molecule has 0 saturated carbocycles. The van der Waals surface area contributed by atoms with Crippen molar-refractivity contribution in [1.29, 1.82) is 0 Å². The summed E-state index contributed by atoms with van der Waals surface area (Å²) in [6.45, 7) is 0. The topological polar surface area (TPSA) is 53.3 Å². The maximum Gasteiger partial charge on any atom is 1.00 e. The fraction of sp³-hybridized carbons (Fsp3) is 0. The summed E-state index contributed by atoms with van der Waals surface area (Å²) in [6.07, 6.45) is 1.31. The molecule has 0 aromatic carbocycles. The van der Waals surface area contributed by atoms with E-state index in [1.165, 1.54) is 18.4 Å². The first-order chi connectivity index (χ1) is 3.80. The third kappa shape index (κ3) is 2.37. The van der Waals surface area contributed by atoms with E-state index < -0.39 is 11.1 Å². The smallest absolute Gasteiger partial charge is 0.766 e. The van der Waals surface area contributed by atoms with Gasteiger partial charge in [-0.05, 0) is 12.1 Å². The molecule has 5 heteroatoms. The van der Waals surface area contributed by atoms with Crippen molar-refractivity contribution < 1.29 is 32.0 Å². The Morgan fingerprint density at radius 2 is 2.33 bits per heavy atom. The summed E-state index contributed by atoms with van der Waals surface area (Å²) in [5.74, 6) is 0. The Labute approximate surface area is 66.9 Å². The molecule has 1 rings (SSSR count). The largest absolute Gasteiger partial charge is 1.00 e. The van der Waals surface area contributed by atoms with Crippen LogP contribution in [-0.2, 0) is 11.1 Å². The van der Waals surface area contributed by atoms with Crippen molar-refractivity contribution >= 4 is 11.1 Å². The van der Waals surface area contributed by atoms with Gasteiger partial charge < -0.3 is 8.97 Å². The maximum atomic E-state index is 9.97. The van der Waals surface area contributed by atoms with Crippen LogP contribution in [0.15, 0.2) is 27.9 Å². The summed E-state index contributed by atoms with van der Waals surface area (Å²) in [7, 11) is 0. The monoisotopic (exact) mass is 138 g/mol. The van der Waals surface area contributed by atoms with Crippen LogP contribution >= 0.6 is 0 Å². The van der Waals surface area contributed by atoms with Crippen molar-refractivity contribution in [3.05, 3.63) is 18.4 Å². The fourth-order valence-electron chi connectivity index (χ4n) is 0.358. The Hall–Kier alpha value is -0.0126. The van der Waals surface area contributed by atoms with E-state index in [1.54, 1.807) is 0 Å². The molecule has 0 N–H and O–H groups in total. The Morgan fingerprint density at radius 3 is 2.56 bits per heavy atom. The zero-order valence-corrected chi connectivity index (χ0v) is 5.68. The minimum absolute atomic E-state index is 0. The van der Waals surface area contributed by atoms with Crippen LogP contribution in [0.25, 0.3) is 0 Å². The standard InChI is InChI=1S/C4H4O3S.Li/c5-8(6)4-2-1-3-7-4;/h1-3H,(H,5,6);/q;+1/p-1. The number of hydrogen-bond donors (Lipinski definition) is 0. The summed E-state index contributed by atoms with van der Waals surface area (Å²) in [5, 5.41) is -0.0231. The van der Waals surface area contributed by atoms with Gasteiger partial charge in [-0.2, -0.15) is 0 Å². The summed E-state index contributed by atoms with van der Waals surface area (Å²) in [6, 6.07) is 2.90. The van der Waals surface area contributed by atoms with E-state index in [0.717, 1.165) is 0 Å². The molecule has 0 fully saturated rings. The first-order valence-electron chi connectivity index (χ1n) is 1.93. The Balaban J connectivity index is 0.000000640. The molecule has 0 radical (unpaired) electrons. The number of rotatable bonds is 1. The van der Waals surface area contributed by atoms with Crippen LogP contribution in [0.3, 0.4) is 0 Å². The van der Waals surface area contributed by atoms with Gasteiger partial charge in [0.1, 0.15) is 0 Å². The molecule has 0 spiro atoms. The number of furan rings is 1. The van der Waals surface area contributed by atoms with Gasteiger partial charge in [0, 0.05) is 11.1 Å². The molecule has 0 aliphatic carbocycles. The van der Waals surface area contributed by atoms with Gasteiger partial charge in [0.2, 0.25) is 0 Å². The first kappa shape index (κ1) is 8.99. The predicted octanol–water partition coefficient (Wildman–Crippen LogP) is -2.48. The molecule has 1 atom stereocenters. The van der Waals surface area contributed by atoms with Crippen LogP contribution in [0.2, 0.25) is 0 Å². The molecule has 1 aromatic rings. The van der Waals surface area contributed by atoms with Crippen molar-refractivity contribution in [2.75, 3.05) is 0 Å². The molecule has 1 unspecified atom stereocenters. The summed E-state index contributed by atoms with van der Waals surface area (Å²) in [4.78, 5) is 0. The van der Waals surface area contributed by atoms with Gasteiger partial charge in [0.25, 0.3) is 0 Å². The van der Waals surface area contributed by atoms with E-state index in [2.05, 4.69) is 4.42 Å². The van der Waals surface area contributed by atoms with Crippen molar-refractivity contribution in [3.63, 3.8) is 0 Å². The quantitative estimate of drug-likeness (QED) is 0.319. The van der Waals surface area contributed by atoms with E-state index in [9.17, 15) is 8.76 Å². The van der Waals surface area contributed by atoms with E-state index in [-0.39, 0.29) is 24.0 Å². The normalized spacial score (nSPS) is 12.1. The third-order valence-electron chi connectivity index (χ3n) is 0.659. The first-order valence-corrected chi connectivity index (χ1v) is 3.01. The van der Waals surface area contributed by atoms with Crippen LogP contribution in [0, 0.1) is 0 Å². The Morgan fingerprint density at radius 1 is 1.67 bits per heavy atom. The van der Waals surface area contributed by atoms with E-state index in [4.69, 9.17) is 0 Å². The molecular formula is C4H3LiO3S. The van der Waals surface area contributed by atoms with Crippen molar-refractivity contribution in [2.45, 2.75) is 5.09 Å². The van der Waals surface area contributed by atoms with E-state index in [0.29, 0.717) is 0 Å². The van der Waals surface area contributed by atoms with Crippen LogP contribution < -0.4 is 18.9 Å². The molecule has 0 aliphatic rings. The third-order valence-corrected chi connectivity index (χ3v) is 1.22. The van der Waals surface area contributed by atoms with Gasteiger partial charge in [0.05, 0.1) is 6.26 Å². The van der Waals surface area contributed by atoms with Gasteiger partial charge in [0.15, 0.2) is 5.09 Å². The molecule has 44 valence electrons. The number of hydrogen-bond acceptors (Lipinski definition) is 3.